The van der Waals surface area contributed by atoms with E-state index in [0.29, 0.717) is 5.92 Å². The van der Waals surface area contributed by atoms with Crippen molar-refractivity contribution in [3.63, 3.8) is 0 Å². The number of aromatic hydroxyl groups is 2. The molecular weight excluding hydrogens is 200 g/mol. The van der Waals surface area contributed by atoms with Gasteiger partial charge in [-0.3, -0.25) is 0 Å². The molecule has 1 aliphatic carbocycles. The lowest BCUT2D eigenvalue weighted by Gasteiger charge is -2.17. The molecule has 0 bridgehead atoms. The van der Waals surface area contributed by atoms with E-state index in [0.717, 1.165) is 5.56 Å². The predicted molar refractivity (Wildman–Crippen MR) is 65.4 cm³/mol. The Morgan fingerprint density at radius 1 is 0.938 bits per heavy atom. The van der Waals surface area contributed by atoms with E-state index in [4.69, 9.17) is 0 Å². The highest BCUT2D eigenvalue weighted by atomic mass is 16.3. The average Bonchev–Trinajstić information content (AvgIpc) is 2.27. The summed E-state index contributed by atoms with van der Waals surface area (Å²) in [4.78, 5) is 0. The van der Waals surface area contributed by atoms with Gasteiger partial charge in [0.1, 0.15) is 11.5 Å². The molecule has 0 amide bonds. The summed E-state index contributed by atoms with van der Waals surface area (Å²) in [6.07, 6.45) is 10.7. The molecule has 86 valence electrons. The lowest BCUT2D eigenvalue weighted by Crippen LogP contribution is -2.02. The van der Waals surface area contributed by atoms with Crippen LogP contribution in [0.3, 0.4) is 0 Å². The molecule has 0 atom stereocenters. The van der Waals surface area contributed by atoms with E-state index >= 15 is 0 Å². The molecule has 2 heteroatoms. The topological polar surface area (TPSA) is 40.5 Å². The zero-order valence-electron chi connectivity index (χ0n) is 9.39. The number of allylic oxidation sites excluding steroid dienone is 1. The fraction of sp³-hybridized carbons (Fsp3) is 0.429. The highest BCUT2D eigenvalue weighted by Gasteiger charge is 2.09. The minimum atomic E-state index is 0.114. The van der Waals surface area contributed by atoms with Gasteiger partial charge in [-0.05, 0) is 36.5 Å². The molecule has 0 radical (unpaired) electrons. The maximum atomic E-state index is 9.34. The Morgan fingerprint density at radius 3 is 2.19 bits per heavy atom. The van der Waals surface area contributed by atoms with Crippen molar-refractivity contribution in [2.75, 3.05) is 0 Å². The van der Waals surface area contributed by atoms with Crippen LogP contribution in [-0.2, 0) is 0 Å². The number of hydrogen-bond donors (Lipinski definition) is 2. The molecule has 0 aromatic heterocycles. The van der Waals surface area contributed by atoms with Crippen LogP contribution in [0.1, 0.15) is 37.7 Å². The van der Waals surface area contributed by atoms with Crippen LogP contribution in [0.4, 0.5) is 0 Å². The third kappa shape index (κ3) is 3.02. The zero-order chi connectivity index (χ0) is 11.4. The van der Waals surface area contributed by atoms with Gasteiger partial charge in [0.25, 0.3) is 0 Å². The van der Waals surface area contributed by atoms with E-state index in [-0.39, 0.29) is 11.5 Å². The second-order valence-corrected chi connectivity index (χ2v) is 4.54. The first-order chi connectivity index (χ1) is 7.74. The maximum absolute atomic E-state index is 9.34. The minimum absolute atomic E-state index is 0.114. The summed E-state index contributed by atoms with van der Waals surface area (Å²) >= 11 is 0. The number of rotatable bonds is 2. The Balaban J connectivity index is 2.04. The second kappa shape index (κ2) is 5.06. The Labute approximate surface area is 96.2 Å². The van der Waals surface area contributed by atoms with Crippen molar-refractivity contribution in [1.29, 1.82) is 0 Å². The molecule has 0 unspecified atom stereocenters. The van der Waals surface area contributed by atoms with Gasteiger partial charge in [-0.15, -0.1) is 0 Å². The third-order valence-corrected chi connectivity index (χ3v) is 3.14. The van der Waals surface area contributed by atoms with Crippen molar-refractivity contribution in [3.05, 3.63) is 29.8 Å². The smallest absolute Gasteiger partial charge is 0.119 e. The first-order valence-electron chi connectivity index (χ1n) is 5.95. The highest BCUT2D eigenvalue weighted by Crippen LogP contribution is 2.26. The van der Waals surface area contributed by atoms with Gasteiger partial charge < -0.3 is 10.2 Å². The van der Waals surface area contributed by atoms with Gasteiger partial charge in [0, 0.05) is 6.07 Å². The SMILES string of the molecule is Oc1cc(O)cc(C=CC2CCCCC2)c1. The Kier molecular flexibility index (Phi) is 3.50. The van der Waals surface area contributed by atoms with E-state index in [2.05, 4.69) is 6.08 Å². The molecule has 16 heavy (non-hydrogen) atoms. The number of phenolic OH excluding ortho intramolecular Hbond substituents is 2. The van der Waals surface area contributed by atoms with Gasteiger partial charge in [0.15, 0.2) is 0 Å². The van der Waals surface area contributed by atoms with Crippen LogP contribution >= 0.6 is 0 Å². The summed E-state index contributed by atoms with van der Waals surface area (Å²) < 4.78 is 0. The quantitative estimate of drug-likeness (QED) is 0.794. The average molecular weight is 218 g/mol. The standard InChI is InChI=1S/C14H18O2/c15-13-8-12(9-14(16)10-13)7-6-11-4-2-1-3-5-11/h6-11,15-16H,1-5H2. The van der Waals surface area contributed by atoms with E-state index in [9.17, 15) is 10.2 Å². The third-order valence-electron chi connectivity index (χ3n) is 3.14. The highest BCUT2D eigenvalue weighted by molar-refractivity contribution is 5.54. The van der Waals surface area contributed by atoms with E-state index in [1.165, 1.54) is 38.2 Å². The van der Waals surface area contributed by atoms with Crippen molar-refractivity contribution >= 4 is 6.08 Å². The molecule has 2 N–H and O–H groups in total. The van der Waals surface area contributed by atoms with Crippen molar-refractivity contribution < 1.29 is 10.2 Å². The Bertz CT molecular complexity index is 356. The molecule has 1 saturated carbocycles. The van der Waals surface area contributed by atoms with Crippen LogP contribution < -0.4 is 0 Å². The van der Waals surface area contributed by atoms with Crippen LogP contribution in [0.2, 0.25) is 0 Å². The first kappa shape index (κ1) is 11.1. The Morgan fingerprint density at radius 2 is 1.56 bits per heavy atom. The normalized spacial score (nSPS) is 18.0. The van der Waals surface area contributed by atoms with E-state index < -0.39 is 0 Å². The molecule has 0 aliphatic heterocycles. The van der Waals surface area contributed by atoms with Gasteiger partial charge in [0.05, 0.1) is 0 Å². The van der Waals surface area contributed by atoms with Gasteiger partial charge >= 0.3 is 0 Å². The summed E-state index contributed by atoms with van der Waals surface area (Å²) in [5.74, 6) is 0.893. The molecule has 2 nitrogen and oxygen atoms in total. The van der Waals surface area contributed by atoms with Crippen molar-refractivity contribution in [1.82, 2.24) is 0 Å². The number of phenols is 2. The fourth-order valence-electron chi connectivity index (χ4n) is 2.29. The molecule has 1 aromatic rings. The van der Waals surface area contributed by atoms with Crippen molar-refractivity contribution in [2.24, 2.45) is 5.92 Å². The summed E-state index contributed by atoms with van der Waals surface area (Å²) in [5, 5.41) is 18.7. The van der Waals surface area contributed by atoms with Gasteiger partial charge in [0.2, 0.25) is 0 Å². The van der Waals surface area contributed by atoms with Gasteiger partial charge in [-0.2, -0.15) is 0 Å². The van der Waals surface area contributed by atoms with Crippen LogP contribution in [-0.4, -0.2) is 10.2 Å². The minimum Gasteiger partial charge on any atom is -0.508 e. The summed E-state index contributed by atoms with van der Waals surface area (Å²) in [7, 11) is 0. The van der Waals surface area contributed by atoms with E-state index in [1.807, 2.05) is 6.08 Å². The van der Waals surface area contributed by atoms with Crippen molar-refractivity contribution in [2.45, 2.75) is 32.1 Å². The second-order valence-electron chi connectivity index (χ2n) is 4.54. The number of benzene rings is 1. The van der Waals surface area contributed by atoms with Crippen LogP contribution in [0, 0.1) is 5.92 Å². The molecule has 2 rings (SSSR count). The predicted octanol–water partition coefficient (Wildman–Crippen LogP) is 3.69. The molecule has 0 saturated heterocycles. The van der Waals surface area contributed by atoms with Crippen LogP contribution in [0.25, 0.3) is 6.08 Å². The summed E-state index contributed by atoms with van der Waals surface area (Å²) in [6, 6.07) is 4.68. The monoisotopic (exact) mass is 218 g/mol. The first-order valence-corrected chi connectivity index (χ1v) is 5.95. The molecule has 0 spiro atoms. The summed E-state index contributed by atoms with van der Waals surface area (Å²) in [5.41, 5.74) is 0.864. The molecule has 1 aliphatic rings. The number of hydrogen-bond acceptors (Lipinski definition) is 2. The fourth-order valence-corrected chi connectivity index (χ4v) is 2.29. The lowest BCUT2D eigenvalue weighted by molar-refractivity contribution is 0.420. The molecule has 1 fully saturated rings. The zero-order valence-corrected chi connectivity index (χ0v) is 9.39. The van der Waals surface area contributed by atoms with E-state index in [1.54, 1.807) is 12.1 Å². The van der Waals surface area contributed by atoms with Crippen molar-refractivity contribution in [3.8, 4) is 11.5 Å². The maximum Gasteiger partial charge on any atom is 0.119 e. The van der Waals surface area contributed by atoms with Gasteiger partial charge in [-0.25, -0.2) is 0 Å². The van der Waals surface area contributed by atoms with Crippen LogP contribution in [0.15, 0.2) is 24.3 Å². The largest absolute Gasteiger partial charge is 0.508 e. The summed E-state index contributed by atoms with van der Waals surface area (Å²) in [6.45, 7) is 0. The van der Waals surface area contributed by atoms with Gasteiger partial charge in [-0.1, -0.05) is 31.4 Å². The molecule has 0 heterocycles. The molecular formula is C14H18O2. The molecule has 1 aromatic carbocycles. The van der Waals surface area contributed by atoms with Crippen LogP contribution in [0.5, 0.6) is 11.5 Å². The Hall–Kier alpha value is -1.44. The lowest BCUT2D eigenvalue weighted by atomic mass is 9.89.